The molecule has 2 unspecified atom stereocenters. The predicted octanol–water partition coefficient (Wildman–Crippen LogP) is 0.770. The second-order valence-corrected chi connectivity index (χ2v) is 5.30. The molecule has 0 aromatic heterocycles. The second kappa shape index (κ2) is 8.15. The van der Waals surface area contributed by atoms with Gasteiger partial charge >= 0.3 is 0 Å². The van der Waals surface area contributed by atoms with Gasteiger partial charge in [0.2, 0.25) is 11.8 Å². The maximum atomic E-state index is 12.1. The number of carbonyl (C=O) groups excluding carboxylic acids is 2. The van der Waals surface area contributed by atoms with Crippen molar-refractivity contribution in [2.45, 2.75) is 39.5 Å². The Balaban J connectivity index is 2.45. The third-order valence-electron chi connectivity index (χ3n) is 3.77. The van der Waals surface area contributed by atoms with Crippen LogP contribution in [-0.2, 0) is 9.59 Å². The number of hydrogen-bond donors (Lipinski definition) is 2. The highest BCUT2D eigenvalue weighted by Gasteiger charge is 2.29. The van der Waals surface area contributed by atoms with Gasteiger partial charge < -0.3 is 15.3 Å². The van der Waals surface area contributed by atoms with Crippen molar-refractivity contribution in [3.8, 4) is 0 Å². The highest BCUT2D eigenvalue weighted by molar-refractivity contribution is 5.82. The lowest BCUT2D eigenvalue weighted by molar-refractivity contribution is -0.138. The van der Waals surface area contributed by atoms with Crippen LogP contribution in [0, 0.1) is 11.8 Å². The van der Waals surface area contributed by atoms with Crippen LogP contribution < -0.4 is 5.32 Å². The van der Waals surface area contributed by atoms with E-state index in [1.165, 1.54) is 0 Å². The fourth-order valence-electron chi connectivity index (χ4n) is 2.31. The Morgan fingerprint density at radius 2 is 2.21 bits per heavy atom. The van der Waals surface area contributed by atoms with E-state index >= 15 is 0 Å². The zero-order valence-electron chi connectivity index (χ0n) is 12.0. The first-order chi connectivity index (χ1) is 9.10. The van der Waals surface area contributed by atoms with E-state index in [-0.39, 0.29) is 30.3 Å². The van der Waals surface area contributed by atoms with Crippen LogP contribution in [-0.4, -0.2) is 48.1 Å². The van der Waals surface area contributed by atoms with E-state index in [9.17, 15) is 9.59 Å². The number of nitrogens with one attached hydrogen (secondary N) is 1. The Morgan fingerprint density at radius 3 is 2.84 bits per heavy atom. The Kier molecular flexibility index (Phi) is 6.84. The molecule has 5 heteroatoms. The first-order valence-corrected chi connectivity index (χ1v) is 7.27. The highest BCUT2D eigenvalue weighted by atomic mass is 16.3. The lowest BCUT2D eigenvalue weighted by Crippen LogP contribution is -2.47. The number of carbonyl (C=O) groups is 2. The van der Waals surface area contributed by atoms with Gasteiger partial charge in [0.05, 0.1) is 5.92 Å². The third-order valence-corrected chi connectivity index (χ3v) is 3.77. The Hall–Kier alpha value is -1.10. The summed E-state index contributed by atoms with van der Waals surface area (Å²) in [5.74, 6) is 0.113. The van der Waals surface area contributed by atoms with Gasteiger partial charge in [-0.1, -0.05) is 13.8 Å². The van der Waals surface area contributed by atoms with Crippen LogP contribution in [0.4, 0.5) is 0 Å². The van der Waals surface area contributed by atoms with Gasteiger partial charge in [-0.3, -0.25) is 9.59 Å². The molecule has 2 atom stereocenters. The molecule has 2 amide bonds. The SMILES string of the molecule is CCC(C)C(=O)N1CCCC(C(=O)NCCCO)C1. The second-order valence-electron chi connectivity index (χ2n) is 5.30. The fourth-order valence-corrected chi connectivity index (χ4v) is 2.31. The van der Waals surface area contributed by atoms with Crippen molar-refractivity contribution in [1.29, 1.82) is 0 Å². The number of aliphatic hydroxyl groups is 1. The summed E-state index contributed by atoms with van der Waals surface area (Å²) in [5, 5.41) is 11.5. The van der Waals surface area contributed by atoms with Gasteiger partial charge in [0.25, 0.3) is 0 Å². The molecule has 1 rings (SSSR count). The molecule has 1 aliphatic rings. The maximum absolute atomic E-state index is 12.1. The van der Waals surface area contributed by atoms with E-state index in [0.29, 0.717) is 19.5 Å². The summed E-state index contributed by atoms with van der Waals surface area (Å²) < 4.78 is 0. The van der Waals surface area contributed by atoms with E-state index < -0.39 is 0 Å². The number of hydrogen-bond acceptors (Lipinski definition) is 3. The van der Waals surface area contributed by atoms with E-state index in [1.807, 2.05) is 18.7 Å². The van der Waals surface area contributed by atoms with Gasteiger partial charge in [-0.2, -0.15) is 0 Å². The van der Waals surface area contributed by atoms with E-state index in [1.54, 1.807) is 0 Å². The van der Waals surface area contributed by atoms with Gasteiger partial charge in [-0.05, 0) is 25.7 Å². The molecule has 0 saturated carbocycles. The number of piperidine rings is 1. The van der Waals surface area contributed by atoms with Crippen LogP contribution in [0.25, 0.3) is 0 Å². The molecule has 0 aromatic rings. The lowest BCUT2D eigenvalue weighted by Gasteiger charge is -2.33. The number of amides is 2. The first-order valence-electron chi connectivity index (χ1n) is 7.27. The zero-order chi connectivity index (χ0) is 14.3. The zero-order valence-corrected chi connectivity index (χ0v) is 12.0. The molecule has 110 valence electrons. The molecule has 0 aliphatic carbocycles. The summed E-state index contributed by atoms with van der Waals surface area (Å²) in [4.78, 5) is 25.9. The summed E-state index contributed by atoms with van der Waals surface area (Å²) >= 11 is 0. The van der Waals surface area contributed by atoms with Gasteiger partial charge in [-0.15, -0.1) is 0 Å². The van der Waals surface area contributed by atoms with E-state index in [0.717, 1.165) is 25.8 Å². The first kappa shape index (κ1) is 16.0. The van der Waals surface area contributed by atoms with Crippen molar-refractivity contribution in [3.63, 3.8) is 0 Å². The Bertz CT molecular complexity index is 307. The standard InChI is InChI=1S/C14H26N2O3/c1-3-11(2)14(19)16-8-4-6-12(10-16)13(18)15-7-5-9-17/h11-12,17H,3-10H2,1-2H3,(H,15,18). The normalized spacial score (nSPS) is 21.0. The van der Waals surface area contributed by atoms with Crippen LogP contribution in [0.5, 0.6) is 0 Å². The van der Waals surface area contributed by atoms with Crippen molar-refractivity contribution in [1.82, 2.24) is 10.2 Å². The number of aliphatic hydroxyl groups excluding tert-OH is 1. The highest BCUT2D eigenvalue weighted by Crippen LogP contribution is 2.19. The molecular formula is C14H26N2O3. The van der Waals surface area contributed by atoms with Gasteiger partial charge in [0.15, 0.2) is 0 Å². The molecule has 1 heterocycles. The van der Waals surface area contributed by atoms with Gasteiger partial charge in [0, 0.05) is 32.2 Å². The summed E-state index contributed by atoms with van der Waals surface area (Å²) in [6.07, 6.45) is 3.15. The monoisotopic (exact) mass is 270 g/mol. The van der Waals surface area contributed by atoms with Crippen LogP contribution in [0.2, 0.25) is 0 Å². The summed E-state index contributed by atoms with van der Waals surface area (Å²) in [6.45, 7) is 5.84. The quantitative estimate of drug-likeness (QED) is 0.700. The topological polar surface area (TPSA) is 69.6 Å². The summed E-state index contributed by atoms with van der Waals surface area (Å²) in [7, 11) is 0. The van der Waals surface area contributed by atoms with Crippen LogP contribution in [0.3, 0.4) is 0 Å². The molecular weight excluding hydrogens is 244 g/mol. The number of nitrogens with zero attached hydrogens (tertiary/aromatic N) is 1. The van der Waals surface area contributed by atoms with E-state index in [2.05, 4.69) is 5.32 Å². The number of likely N-dealkylation sites (tertiary alicyclic amines) is 1. The molecule has 0 spiro atoms. The van der Waals surface area contributed by atoms with Crippen molar-refractivity contribution >= 4 is 11.8 Å². The molecule has 0 aromatic carbocycles. The van der Waals surface area contributed by atoms with Crippen LogP contribution >= 0.6 is 0 Å². The van der Waals surface area contributed by atoms with E-state index in [4.69, 9.17) is 5.11 Å². The Morgan fingerprint density at radius 1 is 1.47 bits per heavy atom. The summed E-state index contributed by atoms with van der Waals surface area (Å²) in [5.41, 5.74) is 0. The van der Waals surface area contributed by atoms with Crippen molar-refractivity contribution in [3.05, 3.63) is 0 Å². The third kappa shape index (κ3) is 4.82. The van der Waals surface area contributed by atoms with Gasteiger partial charge in [0.1, 0.15) is 0 Å². The smallest absolute Gasteiger partial charge is 0.225 e. The predicted molar refractivity (Wildman–Crippen MR) is 73.5 cm³/mol. The average Bonchev–Trinajstić information content (AvgIpc) is 2.45. The van der Waals surface area contributed by atoms with Crippen LogP contribution in [0.15, 0.2) is 0 Å². The summed E-state index contributed by atoms with van der Waals surface area (Å²) in [6, 6.07) is 0. The van der Waals surface area contributed by atoms with Crippen molar-refractivity contribution in [2.75, 3.05) is 26.2 Å². The number of rotatable bonds is 6. The largest absolute Gasteiger partial charge is 0.396 e. The van der Waals surface area contributed by atoms with Crippen molar-refractivity contribution < 1.29 is 14.7 Å². The maximum Gasteiger partial charge on any atom is 0.225 e. The Labute approximate surface area is 115 Å². The fraction of sp³-hybridized carbons (Fsp3) is 0.857. The van der Waals surface area contributed by atoms with Crippen molar-refractivity contribution in [2.24, 2.45) is 11.8 Å². The van der Waals surface area contributed by atoms with Gasteiger partial charge in [-0.25, -0.2) is 0 Å². The lowest BCUT2D eigenvalue weighted by atomic mass is 9.95. The minimum atomic E-state index is -0.0968. The molecule has 1 saturated heterocycles. The molecule has 0 bridgehead atoms. The molecule has 0 radical (unpaired) electrons. The molecule has 2 N–H and O–H groups in total. The van der Waals surface area contributed by atoms with Crippen LogP contribution in [0.1, 0.15) is 39.5 Å². The molecule has 1 aliphatic heterocycles. The average molecular weight is 270 g/mol. The molecule has 1 fully saturated rings. The minimum absolute atomic E-state index is 0.00935. The molecule has 5 nitrogen and oxygen atoms in total. The molecule has 19 heavy (non-hydrogen) atoms. The minimum Gasteiger partial charge on any atom is -0.396 e.